The van der Waals surface area contributed by atoms with Gasteiger partial charge in [0, 0.05) is 23.4 Å². The highest BCUT2D eigenvalue weighted by atomic mass is 35.5. The molecule has 0 saturated carbocycles. The Balaban J connectivity index is 2.61. The molecule has 1 heterocycles. The number of aryl methyl sites for hydroxylation is 1. The fraction of sp³-hybridized carbons (Fsp3) is 0.286. The fourth-order valence-electron chi connectivity index (χ4n) is 1.82. The van der Waals surface area contributed by atoms with Gasteiger partial charge in [0.05, 0.1) is 4.92 Å². The van der Waals surface area contributed by atoms with Crippen LogP contribution in [0.25, 0.3) is 11.4 Å². The first-order valence-corrected chi connectivity index (χ1v) is 6.56. The summed E-state index contributed by atoms with van der Waals surface area (Å²) in [4.78, 5) is 19.1. The molecule has 0 amide bonds. The number of aromatic nitrogens is 2. The lowest BCUT2D eigenvalue weighted by Gasteiger charge is -2.09. The van der Waals surface area contributed by atoms with E-state index in [1.54, 1.807) is 12.1 Å². The molecular formula is C14H14ClN3O2. The molecular weight excluding hydrogens is 278 g/mol. The third-order valence-corrected chi connectivity index (χ3v) is 3.17. The van der Waals surface area contributed by atoms with E-state index >= 15 is 0 Å². The number of hydrogen-bond donors (Lipinski definition) is 0. The highest BCUT2D eigenvalue weighted by Gasteiger charge is 2.14. The van der Waals surface area contributed by atoms with Crippen LogP contribution < -0.4 is 0 Å². The van der Waals surface area contributed by atoms with E-state index in [2.05, 4.69) is 9.97 Å². The number of nitro benzene ring substituents is 1. The number of rotatable bonds is 3. The van der Waals surface area contributed by atoms with Crippen LogP contribution in [-0.4, -0.2) is 14.9 Å². The van der Waals surface area contributed by atoms with Crippen molar-refractivity contribution in [2.45, 2.75) is 26.7 Å². The molecule has 0 unspecified atom stereocenters. The maximum Gasteiger partial charge on any atom is 0.270 e. The molecule has 0 aliphatic rings. The quantitative estimate of drug-likeness (QED) is 0.484. The third kappa shape index (κ3) is 2.93. The Bertz CT molecular complexity index is 671. The van der Waals surface area contributed by atoms with Gasteiger partial charge >= 0.3 is 0 Å². The first-order chi connectivity index (χ1) is 9.38. The minimum atomic E-state index is -0.434. The minimum Gasteiger partial charge on any atom is -0.258 e. The molecule has 0 aliphatic carbocycles. The van der Waals surface area contributed by atoms with Crippen LogP contribution in [0, 0.1) is 17.0 Å². The predicted octanol–water partition coefficient (Wildman–Crippen LogP) is 4.14. The molecule has 20 heavy (non-hydrogen) atoms. The van der Waals surface area contributed by atoms with Gasteiger partial charge in [-0.05, 0) is 24.5 Å². The van der Waals surface area contributed by atoms with Crippen molar-refractivity contribution in [2.75, 3.05) is 0 Å². The zero-order valence-corrected chi connectivity index (χ0v) is 12.2. The average molecular weight is 292 g/mol. The van der Waals surface area contributed by atoms with Crippen LogP contribution >= 0.6 is 11.6 Å². The van der Waals surface area contributed by atoms with E-state index in [1.165, 1.54) is 12.1 Å². The van der Waals surface area contributed by atoms with Crippen molar-refractivity contribution in [1.82, 2.24) is 9.97 Å². The Hall–Kier alpha value is -2.01. The molecule has 0 N–H and O–H groups in total. The van der Waals surface area contributed by atoms with E-state index in [4.69, 9.17) is 11.6 Å². The van der Waals surface area contributed by atoms with Crippen molar-refractivity contribution in [2.24, 2.45) is 0 Å². The van der Waals surface area contributed by atoms with E-state index in [0.717, 1.165) is 11.3 Å². The van der Waals surface area contributed by atoms with Crippen LogP contribution in [0.2, 0.25) is 5.15 Å². The summed E-state index contributed by atoms with van der Waals surface area (Å²) in [6, 6.07) is 6.34. The lowest BCUT2D eigenvalue weighted by molar-refractivity contribution is -0.384. The third-order valence-electron chi connectivity index (χ3n) is 2.98. The van der Waals surface area contributed by atoms with Gasteiger partial charge in [-0.1, -0.05) is 31.5 Å². The molecule has 0 spiro atoms. The topological polar surface area (TPSA) is 68.9 Å². The van der Waals surface area contributed by atoms with Crippen LogP contribution in [0.15, 0.2) is 24.3 Å². The largest absolute Gasteiger partial charge is 0.270 e. The van der Waals surface area contributed by atoms with Crippen LogP contribution in [0.4, 0.5) is 5.69 Å². The number of nitro groups is 1. The Labute approximate surface area is 121 Å². The van der Waals surface area contributed by atoms with E-state index in [-0.39, 0.29) is 11.6 Å². The van der Waals surface area contributed by atoms with E-state index in [0.29, 0.717) is 16.5 Å². The molecule has 5 nitrogen and oxygen atoms in total. The summed E-state index contributed by atoms with van der Waals surface area (Å²) in [6.07, 6.45) is 0. The number of nitrogens with zero attached hydrogens (tertiary/aromatic N) is 3. The van der Waals surface area contributed by atoms with Gasteiger partial charge < -0.3 is 0 Å². The van der Waals surface area contributed by atoms with Crippen molar-refractivity contribution in [1.29, 1.82) is 0 Å². The second-order valence-corrected chi connectivity index (χ2v) is 5.24. The zero-order valence-electron chi connectivity index (χ0n) is 11.4. The highest BCUT2D eigenvalue weighted by molar-refractivity contribution is 6.29. The molecule has 0 aliphatic heterocycles. The first-order valence-electron chi connectivity index (χ1n) is 6.18. The number of non-ortho nitro benzene ring substituents is 1. The average Bonchev–Trinajstić information content (AvgIpc) is 2.38. The smallest absolute Gasteiger partial charge is 0.258 e. The molecule has 0 bridgehead atoms. The van der Waals surface area contributed by atoms with Gasteiger partial charge in [0.15, 0.2) is 5.82 Å². The maximum absolute atomic E-state index is 10.9. The van der Waals surface area contributed by atoms with Crippen molar-refractivity contribution in [3.05, 3.63) is 50.8 Å². The number of benzene rings is 1. The van der Waals surface area contributed by atoms with Gasteiger partial charge in [0.2, 0.25) is 0 Å². The molecule has 1 aromatic carbocycles. The fourth-order valence-corrected chi connectivity index (χ4v) is 2.01. The van der Waals surface area contributed by atoms with Crippen molar-refractivity contribution < 1.29 is 4.92 Å². The van der Waals surface area contributed by atoms with Crippen molar-refractivity contribution in [3.63, 3.8) is 0 Å². The van der Waals surface area contributed by atoms with Crippen LogP contribution in [0.3, 0.4) is 0 Å². The van der Waals surface area contributed by atoms with Crippen molar-refractivity contribution in [3.8, 4) is 11.4 Å². The Morgan fingerprint density at radius 2 is 1.95 bits per heavy atom. The summed E-state index contributed by atoms with van der Waals surface area (Å²) in [5, 5.41) is 11.2. The lowest BCUT2D eigenvalue weighted by Crippen LogP contribution is -2.00. The van der Waals surface area contributed by atoms with Gasteiger partial charge in [-0.2, -0.15) is 0 Å². The molecule has 0 atom stereocenters. The summed E-state index contributed by atoms with van der Waals surface area (Å²) in [5.41, 5.74) is 2.32. The number of halogens is 1. The van der Waals surface area contributed by atoms with Gasteiger partial charge in [0.25, 0.3) is 5.69 Å². The standard InChI is InChI=1S/C14H14ClN3O2/c1-8(2)12-7-13(15)17-14(16-12)11-6-10(18(19)20)5-4-9(11)3/h4-8H,1-3H3. The summed E-state index contributed by atoms with van der Waals surface area (Å²) in [5.74, 6) is 0.621. The zero-order chi connectivity index (χ0) is 14.9. The Kier molecular flexibility index (Phi) is 3.99. The molecule has 0 radical (unpaired) electrons. The summed E-state index contributed by atoms with van der Waals surface area (Å²) < 4.78 is 0. The normalized spacial score (nSPS) is 10.8. The van der Waals surface area contributed by atoms with Crippen molar-refractivity contribution >= 4 is 17.3 Å². The Morgan fingerprint density at radius 1 is 1.25 bits per heavy atom. The van der Waals surface area contributed by atoms with E-state index in [9.17, 15) is 10.1 Å². The molecule has 2 rings (SSSR count). The molecule has 104 valence electrons. The molecule has 6 heteroatoms. The Morgan fingerprint density at radius 3 is 2.55 bits per heavy atom. The summed E-state index contributed by atoms with van der Waals surface area (Å²) in [7, 11) is 0. The van der Waals surface area contributed by atoms with Gasteiger partial charge in [-0.15, -0.1) is 0 Å². The van der Waals surface area contributed by atoms with Gasteiger partial charge in [-0.3, -0.25) is 10.1 Å². The van der Waals surface area contributed by atoms with Gasteiger partial charge in [-0.25, -0.2) is 9.97 Å². The van der Waals surface area contributed by atoms with E-state index < -0.39 is 4.92 Å². The summed E-state index contributed by atoms with van der Waals surface area (Å²) in [6.45, 7) is 5.86. The minimum absolute atomic E-state index is 0.0141. The lowest BCUT2D eigenvalue weighted by atomic mass is 10.1. The molecule has 0 saturated heterocycles. The second kappa shape index (κ2) is 5.54. The second-order valence-electron chi connectivity index (χ2n) is 4.85. The molecule has 0 fully saturated rings. The SMILES string of the molecule is Cc1ccc([N+](=O)[O-])cc1-c1nc(Cl)cc(C(C)C)n1. The van der Waals surface area contributed by atoms with Crippen LogP contribution in [-0.2, 0) is 0 Å². The maximum atomic E-state index is 10.9. The monoisotopic (exact) mass is 291 g/mol. The van der Waals surface area contributed by atoms with Gasteiger partial charge in [0.1, 0.15) is 5.15 Å². The first kappa shape index (κ1) is 14.4. The predicted molar refractivity (Wildman–Crippen MR) is 78.0 cm³/mol. The van der Waals surface area contributed by atoms with Crippen LogP contribution in [0.1, 0.15) is 31.0 Å². The van der Waals surface area contributed by atoms with Crippen LogP contribution in [0.5, 0.6) is 0 Å². The van der Waals surface area contributed by atoms with E-state index in [1.807, 2.05) is 20.8 Å². The number of hydrogen-bond acceptors (Lipinski definition) is 4. The molecule has 2 aromatic rings. The molecule has 1 aromatic heterocycles. The summed E-state index contributed by atoms with van der Waals surface area (Å²) >= 11 is 6.01. The highest BCUT2D eigenvalue weighted by Crippen LogP contribution is 2.27.